The van der Waals surface area contributed by atoms with Gasteiger partial charge in [0.05, 0.1) is 19.4 Å². The second-order valence-corrected chi connectivity index (χ2v) is 5.26. The van der Waals surface area contributed by atoms with Gasteiger partial charge in [0.25, 0.3) is 0 Å². The number of aliphatic imine (C=N–C) groups is 1. The van der Waals surface area contributed by atoms with Gasteiger partial charge in [-0.15, -0.1) is 0 Å². The lowest BCUT2D eigenvalue weighted by Crippen LogP contribution is -2.38. The summed E-state index contributed by atoms with van der Waals surface area (Å²) in [6.45, 7) is 1.80. The summed E-state index contributed by atoms with van der Waals surface area (Å²) < 4.78 is 11.2. The third-order valence-corrected chi connectivity index (χ3v) is 3.64. The highest BCUT2D eigenvalue weighted by Crippen LogP contribution is 2.24. The van der Waals surface area contributed by atoms with Gasteiger partial charge in [-0.1, -0.05) is 36.4 Å². The number of rotatable bonds is 6. The molecule has 124 valence electrons. The maximum atomic E-state index is 5.90. The fourth-order valence-corrected chi connectivity index (χ4v) is 2.46. The van der Waals surface area contributed by atoms with E-state index in [4.69, 9.17) is 9.15 Å². The third-order valence-electron chi connectivity index (χ3n) is 3.64. The summed E-state index contributed by atoms with van der Waals surface area (Å²) in [6, 6.07) is 18.1. The van der Waals surface area contributed by atoms with Crippen LogP contribution in [0.5, 0.6) is 5.75 Å². The van der Waals surface area contributed by atoms with E-state index in [2.05, 4.69) is 33.8 Å². The number of nitrogens with one attached hydrogen (secondary N) is 2. The van der Waals surface area contributed by atoms with Crippen LogP contribution in [0.2, 0.25) is 0 Å². The zero-order chi connectivity index (χ0) is 16.6. The molecule has 2 N–H and O–H groups in total. The maximum Gasteiger partial charge on any atom is 0.191 e. The molecule has 0 bridgehead atoms. The summed E-state index contributed by atoms with van der Waals surface area (Å²) in [5.74, 6) is 2.48. The second kappa shape index (κ2) is 8.06. The van der Waals surface area contributed by atoms with Crippen LogP contribution in [-0.2, 0) is 6.54 Å². The van der Waals surface area contributed by atoms with Gasteiger partial charge in [-0.25, -0.2) is 0 Å². The lowest BCUT2D eigenvalue weighted by molar-refractivity contribution is 0.325. The first kappa shape index (κ1) is 15.9. The molecule has 0 unspecified atom stereocenters. The van der Waals surface area contributed by atoms with E-state index in [1.807, 2.05) is 36.4 Å². The first-order valence-electron chi connectivity index (χ1n) is 7.94. The monoisotopic (exact) mass is 323 g/mol. The summed E-state index contributed by atoms with van der Waals surface area (Å²) in [4.78, 5) is 4.18. The van der Waals surface area contributed by atoms with Crippen molar-refractivity contribution in [1.29, 1.82) is 0 Å². The minimum atomic E-state index is 0.551. The van der Waals surface area contributed by atoms with Crippen LogP contribution in [0, 0.1) is 0 Å². The number of guanidine groups is 1. The quantitative estimate of drug-likeness (QED) is 0.415. The molecular weight excluding hydrogens is 302 g/mol. The van der Waals surface area contributed by atoms with Gasteiger partial charge in [0.2, 0.25) is 0 Å². The van der Waals surface area contributed by atoms with E-state index in [1.54, 1.807) is 13.3 Å². The molecule has 0 fully saturated rings. The topological polar surface area (TPSA) is 58.8 Å². The molecule has 0 aliphatic carbocycles. The van der Waals surface area contributed by atoms with E-state index in [9.17, 15) is 0 Å². The number of hydrogen-bond donors (Lipinski definition) is 2. The number of fused-ring (bicyclic) bond motifs is 1. The zero-order valence-corrected chi connectivity index (χ0v) is 13.7. The van der Waals surface area contributed by atoms with Gasteiger partial charge in [-0.05, 0) is 23.6 Å². The predicted octanol–water partition coefficient (Wildman–Crippen LogP) is 3.18. The van der Waals surface area contributed by atoms with Crippen molar-refractivity contribution in [3.63, 3.8) is 0 Å². The van der Waals surface area contributed by atoms with Crippen LogP contribution in [0.25, 0.3) is 10.8 Å². The summed E-state index contributed by atoms with van der Waals surface area (Å²) in [5.41, 5.74) is 0. The zero-order valence-electron chi connectivity index (χ0n) is 13.7. The first-order chi connectivity index (χ1) is 11.9. The van der Waals surface area contributed by atoms with E-state index in [0.717, 1.165) is 16.9 Å². The van der Waals surface area contributed by atoms with Crippen LogP contribution in [0.4, 0.5) is 0 Å². The molecule has 5 nitrogen and oxygen atoms in total. The van der Waals surface area contributed by atoms with Crippen LogP contribution in [0.15, 0.2) is 70.3 Å². The Kier molecular flexibility index (Phi) is 5.35. The second-order valence-electron chi connectivity index (χ2n) is 5.26. The number of ether oxygens (including phenoxy) is 1. The molecule has 0 atom stereocenters. The Morgan fingerprint density at radius 2 is 1.92 bits per heavy atom. The van der Waals surface area contributed by atoms with E-state index < -0.39 is 0 Å². The van der Waals surface area contributed by atoms with Crippen molar-refractivity contribution in [2.75, 3.05) is 20.2 Å². The highest BCUT2D eigenvalue weighted by molar-refractivity contribution is 5.88. The van der Waals surface area contributed by atoms with E-state index in [0.29, 0.717) is 25.7 Å². The molecular formula is C19H21N3O2. The summed E-state index contributed by atoms with van der Waals surface area (Å²) in [6.07, 6.45) is 1.66. The van der Waals surface area contributed by atoms with Crippen LogP contribution in [0.3, 0.4) is 0 Å². The van der Waals surface area contributed by atoms with Crippen molar-refractivity contribution >= 4 is 16.7 Å². The van der Waals surface area contributed by atoms with Gasteiger partial charge >= 0.3 is 0 Å². The maximum absolute atomic E-state index is 5.90. The fourth-order valence-electron chi connectivity index (χ4n) is 2.46. The van der Waals surface area contributed by atoms with E-state index in [1.165, 1.54) is 5.39 Å². The molecule has 0 spiro atoms. The van der Waals surface area contributed by atoms with Crippen molar-refractivity contribution in [1.82, 2.24) is 10.6 Å². The summed E-state index contributed by atoms with van der Waals surface area (Å²) in [5, 5.41) is 8.72. The van der Waals surface area contributed by atoms with E-state index in [-0.39, 0.29) is 0 Å². The van der Waals surface area contributed by atoms with Gasteiger partial charge in [-0.2, -0.15) is 0 Å². The Morgan fingerprint density at radius 3 is 2.75 bits per heavy atom. The smallest absolute Gasteiger partial charge is 0.191 e. The van der Waals surface area contributed by atoms with Gasteiger partial charge < -0.3 is 19.8 Å². The van der Waals surface area contributed by atoms with Crippen LogP contribution in [-0.4, -0.2) is 26.2 Å². The number of hydrogen-bond acceptors (Lipinski definition) is 3. The van der Waals surface area contributed by atoms with E-state index >= 15 is 0 Å². The van der Waals surface area contributed by atoms with Gasteiger partial charge in [0.1, 0.15) is 18.1 Å². The number of furan rings is 1. The normalized spacial score (nSPS) is 11.5. The molecule has 0 aliphatic rings. The molecule has 0 saturated heterocycles. The molecule has 0 aliphatic heterocycles. The van der Waals surface area contributed by atoms with Gasteiger partial charge in [0.15, 0.2) is 5.96 Å². The van der Waals surface area contributed by atoms with Crippen molar-refractivity contribution in [3.8, 4) is 5.75 Å². The molecule has 1 heterocycles. The van der Waals surface area contributed by atoms with Gasteiger partial charge in [0, 0.05) is 12.4 Å². The average molecular weight is 323 g/mol. The van der Waals surface area contributed by atoms with Crippen molar-refractivity contribution < 1.29 is 9.15 Å². The van der Waals surface area contributed by atoms with Crippen molar-refractivity contribution in [3.05, 3.63) is 66.6 Å². The predicted molar refractivity (Wildman–Crippen MR) is 96.4 cm³/mol. The first-order valence-corrected chi connectivity index (χ1v) is 7.94. The Labute approximate surface area is 141 Å². The molecule has 3 aromatic rings. The molecule has 24 heavy (non-hydrogen) atoms. The summed E-state index contributed by atoms with van der Waals surface area (Å²) in [7, 11) is 1.74. The van der Waals surface area contributed by atoms with Crippen LogP contribution in [0.1, 0.15) is 5.76 Å². The number of nitrogens with zero attached hydrogens (tertiary/aromatic N) is 1. The lowest BCUT2D eigenvalue weighted by Gasteiger charge is -2.12. The standard InChI is InChI=1S/C19H21N3O2/c1-20-19(22-14-16-8-5-12-23-16)21-11-13-24-18-10-4-7-15-6-2-3-9-17(15)18/h2-10,12H,11,13-14H2,1H3,(H2,20,21,22). The number of benzene rings is 2. The molecule has 0 saturated carbocycles. The molecule has 5 heteroatoms. The summed E-state index contributed by atoms with van der Waals surface area (Å²) >= 11 is 0. The average Bonchev–Trinajstić information content (AvgIpc) is 3.15. The molecule has 0 radical (unpaired) electrons. The minimum Gasteiger partial charge on any atom is -0.491 e. The Bertz CT molecular complexity index is 792. The fraction of sp³-hybridized carbons (Fsp3) is 0.211. The highest BCUT2D eigenvalue weighted by Gasteiger charge is 2.02. The minimum absolute atomic E-state index is 0.551. The van der Waals surface area contributed by atoms with Crippen molar-refractivity contribution in [2.24, 2.45) is 4.99 Å². The largest absolute Gasteiger partial charge is 0.491 e. The van der Waals surface area contributed by atoms with Gasteiger partial charge in [-0.3, -0.25) is 4.99 Å². The van der Waals surface area contributed by atoms with Crippen LogP contribution >= 0.6 is 0 Å². The highest BCUT2D eigenvalue weighted by atomic mass is 16.5. The Morgan fingerprint density at radius 1 is 1.04 bits per heavy atom. The molecule has 3 rings (SSSR count). The third kappa shape index (κ3) is 4.07. The Hall–Kier alpha value is -2.95. The van der Waals surface area contributed by atoms with Crippen molar-refractivity contribution in [2.45, 2.75) is 6.54 Å². The molecule has 2 aromatic carbocycles. The Balaban J connectivity index is 1.47. The lowest BCUT2D eigenvalue weighted by atomic mass is 10.1. The molecule has 1 aromatic heterocycles. The van der Waals surface area contributed by atoms with Crippen LogP contribution < -0.4 is 15.4 Å². The SMILES string of the molecule is CN=C(NCCOc1cccc2ccccc12)NCc1ccco1. The molecule has 0 amide bonds.